The lowest BCUT2D eigenvalue weighted by Gasteiger charge is -2.32. The van der Waals surface area contributed by atoms with Gasteiger partial charge in [0.25, 0.3) is 5.91 Å². The minimum Gasteiger partial charge on any atom is -0.353 e. The van der Waals surface area contributed by atoms with Gasteiger partial charge in [0.15, 0.2) is 0 Å². The summed E-state index contributed by atoms with van der Waals surface area (Å²) in [4.78, 5) is 26.3. The van der Waals surface area contributed by atoms with Crippen LogP contribution in [-0.4, -0.2) is 35.8 Å². The molecule has 3 rings (SSSR count). The molecule has 0 saturated carbocycles. The molecule has 0 aromatic carbocycles. The van der Waals surface area contributed by atoms with Crippen LogP contribution >= 0.6 is 22.7 Å². The molecule has 1 unspecified atom stereocenters. The molecule has 0 spiro atoms. The first-order chi connectivity index (χ1) is 8.66. The number of fused-ring (bicyclic) bond motifs is 1. The third-order valence-electron chi connectivity index (χ3n) is 3.11. The largest absolute Gasteiger partial charge is 0.353 e. The van der Waals surface area contributed by atoms with Gasteiger partial charge < -0.3 is 10.2 Å². The Bertz CT molecular complexity index is 588. The predicted molar refractivity (Wildman–Crippen MR) is 73.2 cm³/mol. The molecule has 0 aliphatic carbocycles. The van der Waals surface area contributed by atoms with Gasteiger partial charge in [-0.25, -0.2) is 0 Å². The maximum Gasteiger partial charge on any atom is 0.264 e. The van der Waals surface area contributed by atoms with E-state index < -0.39 is 0 Å². The molecule has 94 valence electrons. The average molecular weight is 280 g/mol. The number of thiophene rings is 2. The molecule has 1 atom stereocenters. The van der Waals surface area contributed by atoms with E-state index in [1.807, 2.05) is 17.5 Å². The van der Waals surface area contributed by atoms with Gasteiger partial charge in [-0.15, -0.1) is 22.7 Å². The smallest absolute Gasteiger partial charge is 0.264 e. The Labute approximate surface area is 112 Å². The van der Waals surface area contributed by atoms with Crippen molar-refractivity contribution in [2.75, 3.05) is 13.1 Å². The third kappa shape index (κ3) is 1.81. The summed E-state index contributed by atoms with van der Waals surface area (Å²) in [6.45, 7) is 2.88. The topological polar surface area (TPSA) is 49.4 Å². The number of nitrogens with one attached hydrogen (secondary N) is 1. The van der Waals surface area contributed by atoms with E-state index in [2.05, 4.69) is 5.32 Å². The zero-order valence-corrected chi connectivity index (χ0v) is 11.4. The second-order valence-corrected chi connectivity index (χ2v) is 6.26. The lowest BCUT2D eigenvalue weighted by molar-refractivity contribution is -0.127. The Hall–Kier alpha value is -1.40. The van der Waals surface area contributed by atoms with Crippen LogP contribution < -0.4 is 5.32 Å². The molecular formula is C12H12N2O2S2. The molecule has 4 nitrogen and oxygen atoms in total. The van der Waals surface area contributed by atoms with E-state index in [0.29, 0.717) is 13.1 Å². The third-order valence-corrected chi connectivity index (χ3v) is 5.19. The van der Waals surface area contributed by atoms with Crippen molar-refractivity contribution in [3.8, 4) is 0 Å². The molecule has 2 aromatic rings. The highest BCUT2D eigenvalue weighted by Gasteiger charge is 2.30. The second kappa shape index (κ2) is 4.37. The first-order valence-electron chi connectivity index (χ1n) is 5.72. The highest BCUT2D eigenvalue weighted by atomic mass is 32.1. The maximum atomic E-state index is 12.4. The highest BCUT2D eigenvalue weighted by Crippen LogP contribution is 2.31. The van der Waals surface area contributed by atoms with Gasteiger partial charge in [0.1, 0.15) is 6.04 Å². The van der Waals surface area contributed by atoms with E-state index in [-0.39, 0.29) is 17.9 Å². The summed E-state index contributed by atoms with van der Waals surface area (Å²) in [6, 6.07) is 3.56. The van der Waals surface area contributed by atoms with Crippen LogP contribution in [0.4, 0.5) is 0 Å². The quantitative estimate of drug-likeness (QED) is 0.867. The molecule has 0 radical (unpaired) electrons. The number of carbonyl (C=O) groups is 2. The minimum absolute atomic E-state index is 0.0363. The normalized spacial score (nSPS) is 20.2. The number of hydrogen-bond acceptors (Lipinski definition) is 4. The summed E-state index contributed by atoms with van der Waals surface area (Å²) in [5, 5.41) is 4.78. The van der Waals surface area contributed by atoms with Crippen molar-refractivity contribution in [2.24, 2.45) is 0 Å². The fourth-order valence-electron chi connectivity index (χ4n) is 2.07. The molecule has 2 amide bonds. The summed E-state index contributed by atoms with van der Waals surface area (Å²) < 4.78 is 2.27. The minimum atomic E-state index is -0.383. The first kappa shape index (κ1) is 11.7. The van der Waals surface area contributed by atoms with Crippen LogP contribution in [0.2, 0.25) is 0 Å². The van der Waals surface area contributed by atoms with Crippen LogP contribution in [-0.2, 0) is 4.79 Å². The van der Waals surface area contributed by atoms with Gasteiger partial charge in [-0.05, 0) is 24.4 Å². The molecule has 1 aliphatic rings. The SMILES string of the molecule is CC1C(=O)NCCN1C(=O)c1cc2sccc2s1. The van der Waals surface area contributed by atoms with Gasteiger partial charge in [0, 0.05) is 22.5 Å². The summed E-state index contributed by atoms with van der Waals surface area (Å²) >= 11 is 3.13. The monoisotopic (exact) mass is 280 g/mol. The van der Waals surface area contributed by atoms with E-state index in [0.717, 1.165) is 14.3 Å². The van der Waals surface area contributed by atoms with Crippen molar-refractivity contribution in [1.82, 2.24) is 10.2 Å². The van der Waals surface area contributed by atoms with Gasteiger partial charge in [-0.1, -0.05) is 0 Å². The Morgan fingerprint density at radius 3 is 3.11 bits per heavy atom. The predicted octanol–water partition coefficient (Wildman–Crippen LogP) is 1.92. The van der Waals surface area contributed by atoms with Crippen LogP contribution in [0.5, 0.6) is 0 Å². The molecule has 3 heterocycles. The van der Waals surface area contributed by atoms with Gasteiger partial charge >= 0.3 is 0 Å². The van der Waals surface area contributed by atoms with E-state index in [9.17, 15) is 9.59 Å². The molecule has 1 saturated heterocycles. The van der Waals surface area contributed by atoms with Crippen LogP contribution in [0.25, 0.3) is 9.40 Å². The number of carbonyl (C=O) groups excluding carboxylic acids is 2. The van der Waals surface area contributed by atoms with Crippen LogP contribution in [0.3, 0.4) is 0 Å². The number of hydrogen-bond donors (Lipinski definition) is 1. The molecule has 2 aromatic heterocycles. The number of piperazine rings is 1. The van der Waals surface area contributed by atoms with Crippen LogP contribution in [0.1, 0.15) is 16.6 Å². The summed E-state index contributed by atoms with van der Waals surface area (Å²) in [7, 11) is 0. The Balaban J connectivity index is 1.89. The first-order valence-corrected chi connectivity index (χ1v) is 7.42. The lowest BCUT2D eigenvalue weighted by Crippen LogP contribution is -2.55. The van der Waals surface area contributed by atoms with Gasteiger partial charge in [-0.3, -0.25) is 9.59 Å². The fraction of sp³-hybridized carbons (Fsp3) is 0.333. The van der Waals surface area contributed by atoms with Crippen LogP contribution in [0, 0.1) is 0 Å². The molecular weight excluding hydrogens is 268 g/mol. The standard InChI is InChI=1S/C12H12N2O2S2/c1-7-11(15)13-3-4-14(7)12(16)10-6-9-8(18-10)2-5-17-9/h2,5-7H,3-4H2,1H3,(H,13,15). The Morgan fingerprint density at radius 2 is 2.33 bits per heavy atom. The lowest BCUT2D eigenvalue weighted by atomic mass is 10.2. The zero-order chi connectivity index (χ0) is 12.7. The number of amides is 2. The van der Waals surface area contributed by atoms with Gasteiger partial charge in [0.05, 0.1) is 4.88 Å². The van der Waals surface area contributed by atoms with Gasteiger partial charge in [0.2, 0.25) is 5.91 Å². The van der Waals surface area contributed by atoms with Crippen molar-refractivity contribution in [3.05, 3.63) is 22.4 Å². The van der Waals surface area contributed by atoms with Crippen LogP contribution in [0.15, 0.2) is 17.5 Å². The number of rotatable bonds is 1. The Morgan fingerprint density at radius 1 is 1.50 bits per heavy atom. The van der Waals surface area contributed by atoms with E-state index >= 15 is 0 Å². The fourth-order valence-corrected chi connectivity index (χ4v) is 4.14. The van der Waals surface area contributed by atoms with Crippen molar-refractivity contribution in [3.63, 3.8) is 0 Å². The summed E-state index contributed by atoms with van der Waals surface area (Å²) in [5.41, 5.74) is 0. The highest BCUT2D eigenvalue weighted by molar-refractivity contribution is 7.27. The van der Waals surface area contributed by atoms with Crippen molar-refractivity contribution in [1.29, 1.82) is 0 Å². The zero-order valence-electron chi connectivity index (χ0n) is 9.80. The Kier molecular flexibility index (Phi) is 2.83. The molecule has 0 bridgehead atoms. The van der Waals surface area contributed by atoms with Gasteiger partial charge in [-0.2, -0.15) is 0 Å². The van der Waals surface area contributed by atoms with E-state index in [1.165, 1.54) is 11.3 Å². The van der Waals surface area contributed by atoms with Crippen molar-refractivity contribution < 1.29 is 9.59 Å². The summed E-state index contributed by atoms with van der Waals surface area (Å²) in [5.74, 6) is -0.112. The molecule has 6 heteroatoms. The van der Waals surface area contributed by atoms with E-state index in [1.54, 1.807) is 23.2 Å². The average Bonchev–Trinajstić information content (AvgIpc) is 2.92. The molecule has 18 heavy (non-hydrogen) atoms. The van der Waals surface area contributed by atoms with Crippen molar-refractivity contribution >= 4 is 43.9 Å². The molecule has 1 fully saturated rings. The van der Waals surface area contributed by atoms with E-state index in [4.69, 9.17) is 0 Å². The van der Waals surface area contributed by atoms with Crippen molar-refractivity contribution in [2.45, 2.75) is 13.0 Å². The maximum absolute atomic E-state index is 12.4. The summed E-state index contributed by atoms with van der Waals surface area (Å²) in [6.07, 6.45) is 0. The molecule has 1 aliphatic heterocycles. The number of nitrogens with zero attached hydrogens (tertiary/aromatic N) is 1. The second-order valence-electron chi connectivity index (χ2n) is 4.23. The molecule has 1 N–H and O–H groups in total.